The van der Waals surface area contributed by atoms with Crippen LogP contribution in [0.3, 0.4) is 0 Å². The molecule has 2 aromatic rings. The Hall–Kier alpha value is -3.09. The Labute approximate surface area is 170 Å². The molecule has 2 aliphatic heterocycles. The number of aryl methyl sites for hydroxylation is 1. The molecule has 2 amide bonds. The summed E-state index contributed by atoms with van der Waals surface area (Å²) in [5.74, 6) is 0.774. The van der Waals surface area contributed by atoms with Crippen LogP contribution in [0.4, 0.5) is 16.3 Å². The first-order valence-corrected chi connectivity index (χ1v) is 10.2. The topological polar surface area (TPSA) is 66.0 Å². The van der Waals surface area contributed by atoms with Crippen molar-refractivity contribution in [2.75, 3.05) is 49.1 Å². The van der Waals surface area contributed by atoms with Crippen LogP contribution in [0.2, 0.25) is 0 Å². The maximum atomic E-state index is 13.2. The first-order chi connectivity index (χ1) is 14.2. The number of amides is 2. The molecule has 2 aliphatic rings. The third-order valence-electron chi connectivity index (χ3n) is 5.48. The molecule has 0 saturated carbocycles. The number of pyridine rings is 1. The van der Waals surface area contributed by atoms with Crippen molar-refractivity contribution in [1.29, 1.82) is 0 Å². The average molecular weight is 394 g/mol. The van der Waals surface area contributed by atoms with E-state index < -0.39 is 0 Å². The van der Waals surface area contributed by atoms with Gasteiger partial charge < -0.3 is 19.4 Å². The molecule has 152 valence electrons. The number of para-hydroxylation sites is 1. The van der Waals surface area contributed by atoms with E-state index in [1.807, 2.05) is 29.2 Å². The van der Waals surface area contributed by atoms with Gasteiger partial charge in [-0.15, -0.1) is 0 Å². The smallest absolute Gasteiger partial charge is 0.409 e. The Morgan fingerprint density at radius 3 is 2.66 bits per heavy atom. The number of benzene rings is 1. The van der Waals surface area contributed by atoms with Crippen LogP contribution in [0, 0.1) is 0 Å². The van der Waals surface area contributed by atoms with Crippen LogP contribution in [-0.4, -0.2) is 61.2 Å². The number of aromatic nitrogens is 1. The predicted molar refractivity (Wildman–Crippen MR) is 111 cm³/mol. The van der Waals surface area contributed by atoms with Crippen molar-refractivity contribution >= 4 is 23.5 Å². The maximum absolute atomic E-state index is 13.2. The molecule has 0 aliphatic carbocycles. The van der Waals surface area contributed by atoms with Gasteiger partial charge in [-0.2, -0.15) is 0 Å². The fourth-order valence-electron chi connectivity index (χ4n) is 3.96. The lowest BCUT2D eigenvalue weighted by Gasteiger charge is -2.35. The third kappa shape index (κ3) is 4.04. The van der Waals surface area contributed by atoms with Gasteiger partial charge in [0.05, 0.1) is 6.61 Å². The Bertz CT molecular complexity index is 893. The number of piperazine rings is 1. The largest absolute Gasteiger partial charge is 0.450 e. The molecule has 1 aromatic heterocycles. The summed E-state index contributed by atoms with van der Waals surface area (Å²) >= 11 is 0. The molecule has 29 heavy (non-hydrogen) atoms. The first kappa shape index (κ1) is 19.2. The number of ether oxygens (including phenoxy) is 1. The number of carbonyl (C=O) groups excluding carboxylic acids is 2. The van der Waals surface area contributed by atoms with Crippen LogP contribution >= 0.6 is 0 Å². The minimum absolute atomic E-state index is 0.00552. The zero-order chi connectivity index (χ0) is 20.2. The highest BCUT2D eigenvalue weighted by Crippen LogP contribution is 2.28. The van der Waals surface area contributed by atoms with Gasteiger partial charge >= 0.3 is 6.09 Å². The lowest BCUT2D eigenvalue weighted by molar-refractivity contribution is 0.0984. The van der Waals surface area contributed by atoms with Gasteiger partial charge in [-0.25, -0.2) is 9.78 Å². The standard InChI is InChI=1S/C22H26N4O3/c1-2-29-22(28)25-14-12-24(13-15-25)20-16-18(9-10-23-20)21(27)26-11-5-7-17-6-3-4-8-19(17)26/h3-4,6,8-10,16H,2,5,7,11-15H2,1H3. The molecule has 7 nitrogen and oxygen atoms in total. The molecule has 0 bridgehead atoms. The summed E-state index contributed by atoms with van der Waals surface area (Å²) in [4.78, 5) is 35.2. The first-order valence-electron chi connectivity index (χ1n) is 10.2. The van der Waals surface area contributed by atoms with E-state index in [1.54, 1.807) is 24.1 Å². The summed E-state index contributed by atoms with van der Waals surface area (Å²) in [6, 6.07) is 11.7. The minimum Gasteiger partial charge on any atom is -0.450 e. The van der Waals surface area contributed by atoms with Crippen LogP contribution in [0.5, 0.6) is 0 Å². The van der Waals surface area contributed by atoms with Crippen LogP contribution in [0.1, 0.15) is 29.3 Å². The highest BCUT2D eigenvalue weighted by atomic mass is 16.6. The Balaban J connectivity index is 1.47. The molecule has 0 N–H and O–H groups in total. The van der Waals surface area contributed by atoms with Gasteiger partial charge in [0.15, 0.2) is 0 Å². The zero-order valence-electron chi connectivity index (χ0n) is 16.7. The van der Waals surface area contributed by atoms with E-state index in [2.05, 4.69) is 16.0 Å². The van der Waals surface area contributed by atoms with Gasteiger partial charge in [0.1, 0.15) is 5.82 Å². The van der Waals surface area contributed by atoms with E-state index in [9.17, 15) is 9.59 Å². The summed E-state index contributed by atoms with van der Waals surface area (Å²) < 4.78 is 5.07. The molecule has 1 aromatic carbocycles. The van der Waals surface area contributed by atoms with E-state index in [1.165, 1.54) is 5.56 Å². The van der Waals surface area contributed by atoms with E-state index in [4.69, 9.17) is 4.74 Å². The van der Waals surface area contributed by atoms with Crippen LogP contribution in [-0.2, 0) is 11.2 Å². The summed E-state index contributed by atoms with van der Waals surface area (Å²) in [5, 5.41) is 0. The number of carbonyl (C=O) groups is 2. The average Bonchev–Trinajstić information content (AvgIpc) is 2.78. The van der Waals surface area contributed by atoms with Gasteiger partial charge in [0, 0.05) is 50.2 Å². The highest BCUT2D eigenvalue weighted by molar-refractivity contribution is 6.07. The van der Waals surface area contributed by atoms with Crippen molar-refractivity contribution in [3.8, 4) is 0 Å². The van der Waals surface area contributed by atoms with E-state index in [0.29, 0.717) is 38.3 Å². The van der Waals surface area contributed by atoms with Gasteiger partial charge in [0.25, 0.3) is 5.91 Å². The van der Waals surface area contributed by atoms with E-state index >= 15 is 0 Å². The Kier molecular flexibility index (Phi) is 5.64. The molecule has 0 radical (unpaired) electrons. The number of hydrogen-bond donors (Lipinski definition) is 0. The Morgan fingerprint density at radius 2 is 1.86 bits per heavy atom. The zero-order valence-corrected chi connectivity index (χ0v) is 16.7. The SMILES string of the molecule is CCOC(=O)N1CCN(c2cc(C(=O)N3CCCc4ccccc43)ccn2)CC1. The molecule has 0 spiro atoms. The molecule has 1 saturated heterocycles. The van der Waals surface area contributed by atoms with Gasteiger partial charge in [-0.1, -0.05) is 18.2 Å². The van der Waals surface area contributed by atoms with Gasteiger partial charge in [-0.3, -0.25) is 4.79 Å². The lowest BCUT2D eigenvalue weighted by Crippen LogP contribution is -2.49. The second-order valence-electron chi connectivity index (χ2n) is 7.26. The summed E-state index contributed by atoms with van der Waals surface area (Å²) in [6.07, 6.45) is 3.40. The molecule has 0 atom stereocenters. The summed E-state index contributed by atoms with van der Waals surface area (Å²) in [5.41, 5.74) is 2.86. The summed E-state index contributed by atoms with van der Waals surface area (Å²) in [7, 11) is 0. The molecular formula is C22H26N4O3. The van der Waals surface area contributed by atoms with E-state index in [0.717, 1.165) is 30.9 Å². The quantitative estimate of drug-likeness (QED) is 0.801. The third-order valence-corrected chi connectivity index (χ3v) is 5.48. The van der Waals surface area contributed by atoms with Gasteiger partial charge in [-0.05, 0) is 43.5 Å². The Morgan fingerprint density at radius 1 is 1.07 bits per heavy atom. The number of rotatable bonds is 3. The fraction of sp³-hybridized carbons (Fsp3) is 0.409. The molecule has 0 unspecified atom stereocenters. The van der Waals surface area contributed by atoms with E-state index in [-0.39, 0.29) is 12.0 Å². The fourth-order valence-corrected chi connectivity index (χ4v) is 3.96. The summed E-state index contributed by atoms with van der Waals surface area (Å²) in [6.45, 7) is 5.40. The van der Waals surface area contributed by atoms with Crippen molar-refractivity contribution in [2.45, 2.75) is 19.8 Å². The molecule has 1 fully saturated rings. The van der Waals surface area contributed by atoms with Crippen molar-refractivity contribution in [3.63, 3.8) is 0 Å². The minimum atomic E-state index is -0.271. The molecule has 3 heterocycles. The number of anilines is 2. The predicted octanol–water partition coefficient (Wildman–Crippen LogP) is 2.95. The van der Waals surface area contributed by atoms with Crippen LogP contribution < -0.4 is 9.80 Å². The molecule has 4 rings (SSSR count). The van der Waals surface area contributed by atoms with Crippen LogP contribution in [0.15, 0.2) is 42.6 Å². The second-order valence-corrected chi connectivity index (χ2v) is 7.26. The lowest BCUT2D eigenvalue weighted by atomic mass is 10.0. The normalized spacial score (nSPS) is 16.4. The monoisotopic (exact) mass is 394 g/mol. The number of hydrogen-bond acceptors (Lipinski definition) is 5. The molecule has 7 heteroatoms. The van der Waals surface area contributed by atoms with Crippen molar-refractivity contribution in [2.24, 2.45) is 0 Å². The van der Waals surface area contributed by atoms with Crippen molar-refractivity contribution in [3.05, 3.63) is 53.7 Å². The van der Waals surface area contributed by atoms with Crippen molar-refractivity contribution < 1.29 is 14.3 Å². The molecular weight excluding hydrogens is 368 g/mol. The highest BCUT2D eigenvalue weighted by Gasteiger charge is 2.26. The maximum Gasteiger partial charge on any atom is 0.409 e. The van der Waals surface area contributed by atoms with Gasteiger partial charge in [0.2, 0.25) is 0 Å². The number of fused-ring (bicyclic) bond motifs is 1. The second kappa shape index (κ2) is 8.51. The van der Waals surface area contributed by atoms with Crippen LogP contribution in [0.25, 0.3) is 0 Å². The number of nitrogens with zero attached hydrogens (tertiary/aromatic N) is 4. The van der Waals surface area contributed by atoms with Crippen molar-refractivity contribution in [1.82, 2.24) is 9.88 Å².